The second-order valence-corrected chi connectivity index (χ2v) is 15.1. The predicted molar refractivity (Wildman–Crippen MR) is 237 cm³/mol. The summed E-state index contributed by atoms with van der Waals surface area (Å²) in [5.41, 5.74) is 12.4. The van der Waals surface area contributed by atoms with Crippen LogP contribution in [0.2, 0.25) is 0 Å². The van der Waals surface area contributed by atoms with Gasteiger partial charge in [0.05, 0.1) is 0 Å². The van der Waals surface area contributed by atoms with E-state index >= 15 is 0 Å². The second-order valence-electron chi connectivity index (χ2n) is 15.1. The van der Waals surface area contributed by atoms with Crippen LogP contribution in [-0.4, -0.2) is 0 Å². The maximum atomic E-state index is 6.64. The normalized spacial score (nSPS) is 12.2. The molecular formula is C54H30O3. The molecule has 0 fully saturated rings. The SMILES string of the molecule is c1ccc2c(c1)oc1ccc(-c3c4ccccc4c(-c4ccc(-c5cc6oc7cc8oc9ccccc9c8cc7c6c6ccccc56)cc4)c4ccccc34)cc12. The van der Waals surface area contributed by atoms with E-state index in [9.17, 15) is 0 Å². The monoisotopic (exact) mass is 726 g/mol. The van der Waals surface area contributed by atoms with E-state index in [-0.39, 0.29) is 0 Å². The molecule has 0 unspecified atom stereocenters. The summed E-state index contributed by atoms with van der Waals surface area (Å²) in [7, 11) is 0. The van der Waals surface area contributed by atoms with E-state index in [1.807, 2.05) is 30.3 Å². The highest BCUT2D eigenvalue weighted by Gasteiger charge is 2.20. The van der Waals surface area contributed by atoms with Crippen LogP contribution >= 0.6 is 0 Å². The lowest BCUT2D eigenvalue weighted by molar-refractivity contribution is 0.656. The molecule has 0 amide bonds. The third-order valence-electron chi connectivity index (χ3n) is 12.1. The van der Waals surface area contributed by atoms with Gasteiger partial charge >= 0.3 is 0 Å². The highest BCUT2D eigenvalue weighted by molar-refractivity contribution is 6.25. The Kier molecular flexibility index (Phi) is 6.16. The quantitative estimate of drug-likeness (QED) is 0.170. The lowest BCUT2D eigenvalue weighted by Crippen LogP contribution is -1.91. The Morgan fingerprint density at radius 3 is 1.32 bits per heavy atom. The van der Waals surface area contributed by atoms with Gasteiger partial charge in [0.1, 0.15) is 33.5 Å². The largest absolute Gasteiger partial charge is 0.456 e. The van der Waals surface area contributed by atoms with Gasteiger partial charge in [-0.1, -0.05) is 140 Å². The highest BCUT2D eigenvalue weighted by atomic mass is 16.3. The molecule has 0 radical (unpaired) electrons. The molecule has 0 aliphatic heterocycles. The Bertz CT molecular complexity index is 3740. The van der Waals surface area contributed by atoms with Crippen molar-refractivity contribution in [2.45, 2.75) is 0 Å². The Hall–Kier alpha value is -7.62. The molecule has 264 valence electrons. The summed E-state index contributed by atoms with van der Waals surface area (Å²) in [6, 6.07) is 65.1. The zero-order valence-electron chi connectivity index (χ0n) is 30.5. The van der Waals surface area contributed by atoms with E-state index in [4.69, 9.17) is 13.3 Å². The van der Waals surface area contributed by atoms with Gasteiger partial charge in [-0.05, 0) is 102 Å². The van der Waals surface area contributed by atoms with Crippen molar-refractivity contribution in [2.24, 2.45) is 0 Å². The Balaban J connectivity index is 0.985. The smallest absolute Gasteiger partial charge is 0.139 e. The summed E-state index contributed by atoms with van der Waals surface area (Å²) in [6.45, 7) is 0. The van der Waals surface area contributed by atoms with Crippen molar-refractivity contribution in [2.75, 3.05) is 0 Å². The number of benzene rings is 10. The number of fused-ring (bicyclic) bond motifs is 13. The summed E-state index contributed by atoms with van der Waals surface area (Å²) in [4.78, 5) is 0. The molecule has 0 saturated carbocycles. The summed E-state index contributed by atoms with van der Waals surface area (Å²) >= 11 is 0. The molecule has 0 N–H and O–H groups in total. The van der Waals surface area contributed by atoms with Crippen LogP contribution in [0, 0.1) is 0 Å². The van der Waals surface area contributed by atoms with Crippen LogP contribution in [0.3, 0.4) is 0 Å². The van der Waals surface area contributed by atoms with Crippen molar-refractivity contribution in [3.63, 3.8) is 0 Å². The van der Waals surface area contributed by atoms with Crippen LogP contribution in [0.5, 0.6) is 0 Å². The molecule has 3 nitrogen and oxygen atoms in total. The minimum atomic E-state index is 0.828. The summed E-state index contributed by atoms with van der Waals surface area (Å²) in [5, 5.41) is 14.0. The van der Waals surface area contributed by atoms with Gasteiger partial charge in [-0.3, -0.25) is 0 Å². The topological polar surface area (TPSA) is 39.4 Å². The second kappa shape index (κ2) is 11.5. The minimum absolute atomic E-state index is 0.828. The maximum absolute atomic E-state index is 6.64. The van der Waals surface area contributed by atoms with E-state index < -0.39 is 0 Å². The Morgan fingerprint density at radius 2 is 0.667 bits per heavy atom. The highest BCUT2D eigenvalue weighted by Crippen LogP contribution is 2.46. The number of furan rings is 3. The number of para-hydroxylation sites is 2. The first-order valence-corrected chi connectivity index (χ1v) is 19.4. The van der Waals surface area contributed by atoms with Crippen LogP contribution in [0.4, 0.5) is 0 Å². The summed E-state index contributed by atoms with van der Waals surface area (Å²) in [5.74, 6) is 0. The summed E-state index contributed by atoms with van der Waals surface area (Å²) < 4.78 is 19.1. The first-order valence-electron chi connectivity index (χ1n) is 19.4. The molecule has 3 heterocycles. The van der Waals surface area contributed by atoms with Crippen molar-refractivity contribution in [1.82, 2.24) is 0 Å². The molecule has 3 heteroatoms. The molecule has 57 heavy (non-hydrogen) atoms. The van der Waals surface area contributed by atoms with E-state index in [2.05, 4.69) is 152 Å². The lowest BCUT2D eigenvalue weighted by Gasteiger charge is -2.18. The van der Waals surface area contributed by atoms with E-state index in [1.54, 1.807) is 0 Å². The Labute approximate surface area is 325 Å². The standard InChI is InChI=1S/C54H30O3/c1-2-14-37-34(11-1)42(29-51-54(37)45-28-44-36-13-8-10-20-47(36)56-49(44)30-50(45)57-51)31-21-23-32(24-22-31)52-38-15-3-5-17-40(38)53(41-18-6-4-16-39(41)52)33-25-26-48-43(27-33)35-12-7-9-19-46(35)55-48/h1-30H. The first kappa shape index (κ1) is 30.7. The van der Waals surface area contributed by atoms with Crippen molar-refractivity contribution >= 4 is 98.1 Å². The maximum Gasteiger partial charge on any atom is 0.139 e. The predicted octanol–water partition coefficient (Wildman–Crippen LogP) is 15.8. The number of rotatable bonds is 3. The first-order chi connectivity index (χ1) is 28.2. The fourth-order valence-electron chi connectivity index (χ4n) is 9.55. The van der Waals surface area contributed by atoms with Crippen LogP contribution in [0.25, 0.3) is 132 Å². The lowest BCUT2D eigenvalue weighted by atomic mass is 9.85. The van der Waals surface area contributed by atoms with Gasteiger partial charge in [-0.2, -0.15) is 0 Å². The third-order valence-corrected chi connectivity index (χ3v) is 12.1. The average molecular weight is 727 g/mol. The van der Waals surface area contributed by atoms with Gasteiger partial charge in [0.25, 0.3) is 0 Å². The fourth-order valence-corrected chi connectivity index (χ4v) is 9.55. The van der Waals surface area contributed by atoms with Gasteiger partial charge in [0.15, 0.2) is 0 Å². The van der Waals surface area contributed by atoms with E-state index in [0.717, 1.165) is 76.9 Å². The zero-order chi connectivity index (χ0) is 37.2. The van der Waals surface area contributed by atoms with Gasteiger partial charge in [-0.25, -0.2) is 0 Å². The van der Waals surface area contributed by atoms with Crippen LogP contribution in [0.1, 0.15) is 0 Å². The molecule has 13 rings (SSSR count). The van der Waals surface area contributed by atoms with Crippen molar-refractivity contribution in [3.05, 3.63) is 182 Å². The van der Waals surface area contributed by atoms with Crippen molar-refractivity contribution < 1.29 is 13.3 Å². The molecule has 0 atom stereocenters. The van der Waals surface area contributed by atoms with Crippen LogP contribution < -0.4 is 0 Å². The van der Waals surface area contributed by atoms with Crippen molar-refractivity contribution in [3.8, 4) is 33.4 Å². The molecular weight excluding hydrogens is 697 g/mol. The molecule has 0 spiro atoms. The minimum Gasteiger partial charge on any atom is -0.456 e. The third kappa shape index (κ3) is 4.37. The van der Waals surface area contributed by atoms with Crippen molar-refractivity contribution in [1.29, 1.82) is 0 Å². The van der Waals surface area contributed by atoms with Crippen LogP contribution in [0.15, 0.2) is 195 Å². The van der Waals surface area contributed by atoms with Gasteiger partial charge in [0.2, 0.25) is 0 Å². The molecule has 0 bridgehead atoms. The van der Waals surface area contributed by atoms with E-state index in [0.29, 0.717) is 0 Å². The zero-order valence-corrected chi connectivity index (χ0v) is 30.5. The molecule has 10 aromatic carbocycles. The summed E-state index contributed by atoms with van der Waals surface area (Å²) in [6.07, 6.45) is 0. The molecule has 13 aromatic rings. The Morgan fingerprint density at radius 1 is 0.228 bits per heavy atom. The average Bonchev–Trinajstić information content (AvgIpc) is 3.95. The molecule has 0 aliphatic carbocycles. The van der Waals surface area contributed by atoms with Crippen LogP contribution in [-0.2, 0) is 0 Å². The van der Waals surface area contributed by atoms with Gasteiger partial charge in [0, 0.05) is 38.4 Å². The fraction of sp³-hybridized carbons (Fsp3) is 0. The van der Waals surface area contributed by atoms with Gasteiger partial charge in [-0.15, -0.1) is 0 Å². The molecule has 0 saturated heterocycles. The van der Waals surface area contributed by atoms with E-state index in [1.165, 1.54) is 54.6 Å². The molecule has 3 aromatic heterocycles. The molecule has 0 aliphatic rings. The number of hydrogen-bond donors (Lipinski definition) is 0. The van der Waals surface area contributed by atoms with Gasteiger partial charge < -0.3 is 13.3 Å². The number of hydrogen-bond acceptors (Lipinski definition) is 3.